The fourth-order valence-corrected chi connectivity index (χ4v) is 1.40. The minimum Gasteiger partial charge on any atom is -0.324 e. The molecule has 17 heavy (non-hydrogen) atoms. The molecule has 0 atom stereocenters. The van der Waals surface area contributed by atoms with Crippen LogP contribution < -0.4 is 10.6 Å². The molecule has 0 bridgehead atoms. The highest BCUT2D eigenvalue weighted by molar-refractivity contribution is 5.93. The van der Waals surface area contributed by atoms with Gasteiger partial charge in [-0.2, -0.15) is 5.26 Å². The number of anilines is 1. The summed E-state index contributed by atoms with van der Waals surface area (Å²) in [5, 5.41) is 14.6. The molecule has 0 aliphatic carbocycles. The van der Waals surface area contributed by atoms with E-state index in [4.69, 9.17) is 5.26 Å². The van der Waals surface area contributed by atoms with Gasteiger partial charge in [0.05, 0.1) is 17.8 Å². The van der Waals surface area contributed by atoms with Crippen LogP contribution in [-0.2, 0) is 4.79 Å². The fourth-order valence-electron chi connectivity index (χ4n) is 1.40. The topological polar surface area (TPSA) is 64.9 Å². The van der Waals surface area contributed by atoms with Crippen LogP contribution in [0.2, 0.25) is 0 Å². The summed E-state index contributed by atoms with van der Waals surface area (Å²) in [6, 6.07) is 7.45. The van der Waals surface area contributed by atoms with E-state index in [1.54, 1.807) is 12.1 Å². The molecular weight excluding hydrogens is 214 g/mol. The van der Waals surface area contributed by atoms with E-state index in [1.807, 2.05) is 19.1 Å². The summed E-state index contributed by atoms with van der Waals surface area (Å²) in [4.78, 5) is 11.5. The Hall–Kier alpha value is -2.12. The number of nitriles is 1. The normalized spacial score (nSPS) is 9.41. The van der Waals surface area contributed by atoms with E-state index in [1.165, 1.54) is 0 Å². The van der Waals surface area contributed by atoms with Gasteiger partial charge >= 0.3 is 0 Å². The van der Waals surface area contributed by atoms with Crippen LogP contribution >= 0.6 is 0 Å². The molecule has 0 heterocycles. The molecule has 88 valence electrons. The minimum absolute atomic E-state index is 0.172. The van der Waals surface area contributed by atoms with Gasteiger partial charge in [-0.1, -0.05) is 18.2 Å². The van der Waals surface area contributed by atoms with Gasteiger partial charge in [-0.15, -0.1) is 6.58 Å². The van der Waals surface area contributed by atoms with Crippen molar-refractivity contribution in [2.45, 2.75) is 6.92 Å². The molecule has 0 radical (unpaired) electrons. The molecule has 4 heteroatoms. The number of nitrogens with zero attached hydrogens (tertiary/aromatic N) is 1. The Morgan fingerprint density at radius 3 is 3.00 bits per heavy atom. The number of amides is 1. The maximum atomic E-state index is 11.5. The zero-order chi connectivity index (χ0) is 12.7. The highest BCUT2D eigenvalue weighted by Crippen LogP contribution is 2.17. The Kier molecular flexibility index (Phi) is 4.92. The highest BCUT2D eigenvalue weighted by Gasteiger charge is 2.07. The average Bonchev–Trinajstić information content (AvgIpc) is 2.29. The van der Waals surface area contributed by atoms with E-state index < -0.39 is 0 Å². The summed E-state index contributed by atoms with van der Waals surface area (Å²) in [6.45, 7) is 6.16. The lowest BCUT2D eigenvalue weighted by molar-refractivity contribution is -0.115. The molecule has 0 fully saturated rings. The van der Waals surface area contributed by atoms with Gasteiger partial charge < -0.3 is 10.6 Å². The molecule has 0 spiro atoms. The Morgan fingerprint density at radius 1 is 1.59 bits per heavy atom. The van der Waals surface area contributed by atoms with Crippen molar-refractivity contribution in [3.05, 3.63) is 42.0 Å². The second-order valence-corrected chi connectivity index (χ2v) is 3.58. The molecule has 0 aliphatic rings. The van der Waals surface area contributed by atoms with Crippen molar-refractivity contribution in [1.82, 2.24) is 5.32 Å². The van der Waals surface area contributed by atoms with Crippen LogP contribution in [0, 0.1) is 18.3 Å². The number of hydrogen-bond donors (Lipinski definition) is 2. The van der Waals surface area contributed by atoms with Gasteiger partial charge in [0.25, 0.3) is 0 Å². The van der Waals surface area contributed by atoms with Gasteiger partial charge in [-0.3, -0.25) is 4.79 Å². The van der Waals surface area contributed by atoms with Gasteiger partial charge in [-0.25, -0.2) is 0 Å². The van der Waals surface area contributed by atoms with Crippen LogP contribution in [0.25, 0.3) is 0 Å². The Labute approximate surface area is 101 Å². The lowest BCUT2D eigenvalue weighted by Gasteiger charge is -2.08. The zero-order valence-corrected chi connectivity index (χ0v) is 9.79. The third-order valence-corrected chi connectivity index (χ3v) is 2.23. The largest absolute Gasteiger partial charge is 0.324 e. The van der Waals surface area contributed by atoms with Gasteiger partial charge in [0.2, 0.25) is 5.91 Å². The number of aryl methyl sites for hydroxylation is 1. The molecule has 0 aliphatic heterocycles. The molecule has 0 saturated heterocycles. The van der Waals surface area contributed by atoms with Crippen molar-refractivity contribution in [2.24, 2.45) is 0 Å². The molecule has 4 nitrogen and oxygen atoms in total. The zero-order valence-electron chi connectivity index (χ0n) is 9.79. The minimum atomic E-state index is -0.172. The summed E-state index contributed by atoms with van der Waals surface area (Å²) in [5.41, 5.74) is 1.91. The second-order valence-electron chi connectivity index (χ2n) is 3.58. The van der Waals surface area contributed by atoms with Gasteiger partial charge in [0.1, 0.15) is 6.07 Å². The monoisotopic (exact) mass is 229 g/mol. The lowest BCUT2D eigenvalue weighted by atomic mass is 10.1. The van der Waals surface area contributed by atoms with E-state index in [0.717, 1.165) is 5.56 Å². The van der Waals surface area contributed by atoms with Crippen LogP contribution in [0.3, 0.4) is 0 Å². The highest BCUT2D eigenvalue weighted by atomic mass is 16.1. The first-order valence-electron chi connectivity index (χ1n) is 5.30. The first kappa shape index (κ1) is 12.9. The third-order valence-electron chi connectivity index (χ3n) is 2.23. The summed E-state index contributed by atoms with van der Waals surface area (Å²) in [5.74, 6) is -0.172. The van der Waals surface area contributed by atoms with Gasteiger partial charge in [-0.05, 0) is 18.6 Å². The van der Waals surface area contributed by atoms with Crippen LogP contribution in [0.1, 0.15) is 11.1 Å². The second kappa shape index (κ2) is 6.46. The molecular formula is C13H15N3O. The Balaban J connectivity index is 2.69. The van der Waals surface area contributed by atoms with Crippen molar-refractivity contribution in [3.63, 3.8) is 0 Å². The number of carbonyl (C=O) groups excluding carboxylic acids is 1. The van der Waals surface area contributed by atoms with E-state index in [9.17, 15) is 4.79 Å². The van der Waals surface area contributed by atoms with E-state index in [2.05, 4.69) is 23.3 Å². The molecule has 0 unspecified atom stereocenters. The number of benzene rings is 1. The van der Waals surface area contributed by atoms with Gasteiger partial charge in [0, 0.05) is 6.54 Å². The predicted octanol–water partition coefficient (Wildman–Crippen LogP) is 1.58. The average molecular weight is 229 g/mol. The van der Waals surface area contributed by atoms with Crippen LogP contribution in [0.5, 0.6) is 0 Å². The van der Waals surface area contributed by atoms with E-state index in [0.29, 0.717) is 17.8 Å². The summed E-state index contributed by atoms with van der Waals surface area (Å²) >= 11 is 0. The van der Waals surface area contributed by atoms with E-state index >= 15 is 0 Å². The molecule has 2 N–H and O–H groups in total. The number of rotatable bonds is 5. The molecule has 1 rings (SSSR count). The molecule has 1 aromatic carbocycles. The summed E-state index contributed by atoms with van der Waals surface area (Å²) in [7, 11) is 0. The van der Waals surface area contributed by atoms with Crippen LogP contribution in [0.15, 0.2) is 30.9 Å². The maximum absolute atomic E-state index is 11.5. The molecule has 0 aromatic heterocycles. The third kappa shape index (κ3) is 3.74. The quantitative estimate of drug-likeness (QED) is 0.595. The molecule has 1 amide bonds. The Bertz CT molecular complexity index is 460. The predicted molar refractivity (Wildman–Crippen MR) is 67.6 cm³/mol. The molecule has 0 saturated carbocycles. The lowest BCUT2D eigenvalue weighted by Crippen LogP contribution is -2.28. The first-order valence-corrected chi connectivity index (χ1v) is 5.30. The van der Waals surface area contributed by atoms with Crippen molar-refractivity contribution in [3.8, 4) is 6.07 Å². The maximum Gasteiger partial charge on any atom is 0.238 e. The van der Waals surface area contributed by atoms with Crippen LogP contribution in [0.4, 0.5) is 5.69 Å². The van der Waals surface area contributed by atoms with Crippen molar-refractivity contribution >= 4 is 11.6 Å². The first-order chi connectivity index (χ1) is 8.19. The standard InChI is InChI=1S/C13H15N3O/c1-3-7-15-9-13(17)16-12-6-4-5-10(2)11(12)8-14/h3-6,15H,1,7,9H2,2H3,(H,16,17). The van der Waals surface area contributed by atoms with E-state index in [-0.39, 0.29) is 12.5 Å². The SMILES string of the molecule is C=CCNCC(=O)Nc1cccc(C)c1C#N. The summed E-state index contributed by atoms with van der Waals surface area (Å²) in [6.07, 6.45) is 1.68. The van der Waals surface area contributed by atoms with Gasteiger partial charge in [0.15, 0.2) is 0 Å². The smallest absolute Gasteiger partial charge is 0.238 e. The number of nitrogens with one attached hydrogen (secondary N) is 2. The fraction of sp³-hybridized carbons (Fsp3) is 0.231. The van der Waals surface area contributed by atoms with Crippen molar-refractivity contribution in [2.75, 3.05) is 18.4 Å². The van der Waals surface area contributed by atoms with Crippen molar-refractivity contribution < 1.29 is 4.79 Å². The molecule has 1 aromatic rings. The number of hydrogen-bond acceptors (Lipinski definition) is 3. The summed E-state index contributed by atoms with van der Waals surface area (Å²) < 4.78 is 0. The Morgan fingerprint density at radius 2 is 2.35 bits per heavy atom. The van der Waals surface area contributed by atoms with Crippen LogP contribution in [-0.4, -0.2) is 19.0 Å². The van der Waals surface area contributed by atoms with Crippen molar-refractivity contribution in [1.29, 1.82) is 5.26 Å². The number of carbonyl (C=O) groups is 1.